The third-order valence-corrected chi connectivity index (χ3v) is 5.72. The summed E-state index contributed by atoms with van der Waals surface area (Å²) in [5.41, 5.74) is 3.37. The first-order valence-electron chi connectivity index (χ1n) is 11.0. The number of hydrogen-bond donors (Lipinski definition) is 2. The van der Waals surface area contributed by atoms with E-state index in [1.807, 2.05) is 51.1 Å². The number of hydroxylamine groups is 2. The maximum absolute atomic E-state index is 11.6. The lowest BCUT2D eigenvalue weighted by Crippen LogP contribution is -2.53. The first-order valence-corrected chi connectivity index (χ1v) is 11.0. The molecule has 176 valence electrons. The Labute approximate surface area is 197 Å². The summed E-state index contributed by atoms with van der Waals surface area (Å²) in [6.45, 7) is 6.59. The zero-order valence-electron chi connectivity index (χ0n) is 19.5. The van der Waals surface area contributed by atoms with Gasteiger partial charge in [-0.25, -0.2) is 4.79 Å². The van der Waals surface area contributed by atoms with E-state index in [9.17, 15) is 15.0 Å². The van der Waals surface area contributed by atoms with Gasteiger partial charge in [-0.3, -0.25) is 0 Å². The number of hydrogen-bond acceptors (Lipinski definition) is 7. The number of fused-ring (bicyclic) bond motifs is 1. The van der Waals surface area contributed by atoms with E-state index in [0.29, 0.717) is 35.9 Å². The number of carbonyl (C=O) groups is 1. The van der Waals surface area contributed by atoms with Gasteiger partial charge in [0.05, 0.1) is 18.6 Å². The fourth-order valence-corrected chi connectivity index (χ4v) is 4.35. The van der Waals surface area contributed by atoms with Crippen LogP contribution < -0.4 is 9.38 Å². The molecule has 9 nitrogen and oxygen atoms in total. The molecule has 0 saturated carbocycles. The highest BCUT2D eigenvalue weighted by atomic mass is 16.7. The maximum atomic E-state index is 11.6. The van der Waals surface area contributed by atoms with Crippen molar-refractivity contribution in [3.63, 3.8) is 0 Å². The third-order valence-electron chi connectivity index (χ3n) is 5.72. The molecule has 0 fully saturated rings. The molecule has 0 spiro atoms. The average molecular weight is 464 g/mol. The molecule has 1 aliphatic heterocycles. The van der Waals surface area contributed by atoms with Crippen LogP contribution in [0.5, 0.6) is 11.8 Å². The number of rotatable bonds is 8. The smallest absolute Gasteiger partial charge is 0.336 e. The SMILES string of the molecule is CCO[N+]1(Cc2ccc(-c3ccccc3C(=O)O)cc2)C(C(C)C)=Nc2c(OC)nnc(O)c21. The lowest BCUT2D eigenvalue weighted by Gasteiger charge is -2.32. The standard InChI is InChI=1S/C25H26N4O5/c1-5-34-29(21-20(26-22(29)15(2)3)24(33-4)28-27-23(21)30)14-16-10-12-17(13-11-16)18-8-6-7-9-19(18)25(31)32/h6-13,15H,5,14H2,1-4H3,(H-,27,30,31,32)/p+1. The molecule has 1 atom stereocenters. The average Bonchev–Trinajstić information content (AvgIpc) is 3.16. The molecule has 0 aliphatic carbocycles. The number of methoxy groups -OCH3 is 1. The summed E-state index contributed by atoms with van der Waals surface area (Å²) in [5, 5.41) is 28.0. The van der Waals surface area contributed by atoms with Gasteiger partial charge in [0.2, 0.25) is 11.5 Å². The largest absolute Gasteiger partial charge is 0.488 e. The molecule has 0 saturated heterocycles. The number of nitrogens with zero attached hydrogens (tertiary/aromatic N) is 4. The minimum atomic E-state index is -0.975. The molecule has 9 heteroatoms. The van der Waals surface area contributed by atoms with Gasteiger partial charge in [-0.05, 0) is 24.1 Å². The van der Waals surface area contributed by atoms with E-state index in [1.54, 1.807) is 18.2 Å². The Balaban J connectivity index is 1.79. The monoisotopic (exact) mass is 463 g/mol. The number of aromatic carboxylic acids is 1. The number of aliphatic imine (C=N–C) groups is 1. The van der Waals surface area contributed by atoms with Crippen molar-refractivity contribution in [2.75, 3.05) is 13.7 Å². The molecule has 0 bridgehead atoms. The second kappa shape index (κ2) is 9.20. The number of amidine groups is 1. The summed E-state index contributed by atoms with van der Waals surface area (Å²) < 4.78 is 5.19. The third kappa shape index (κ3) is 3.89. The van der Waals surface area contributed by atoms with Crippen molar-refractivity contribution in [3.8, 4) is 22.9 Å². The molecule has 4 rings (SSSR count). The fraction of sp³-hybridized carbons (Fsp3) is 0.280. The Kier molecular flexibility index (Phi) is 6.32. The van der Waals surface area contributed by atoms with Crippen molar-refractivity contribution < 1.29 is 24.6 Å². The van der Waals surface area contributed by atoms with Crippen LogP contribution >= 0.6 is 0 Å². The highest BCUT2D eigenvalue weighted by Gasteiger charge is 2.52. The number of aromatic nitrogens is 2. The zero-order chi connectivity index (χ0) is 24.5. The van der Waals surface area contributed by atoms with E-state index in [1.165, 1.54) is 7.11 Å². The molecule has 0 amide bonds. The van der Waals surface area contributed by atoms with E-state index in [-0.39, 0.29) is 27.9 Å². The molecular formula is C25H27N4O5+. The number of quaternary nitrogens is 1. The van der Waals surface area contributed by atoms with Crippen LogP contribution in [0, 0.1) is 5.92 Å². The van der Waals surface area contributed by atoms with E-state index >= 15 is 0 Å². The Morgan fingerprint density at radius 2 is 1.79 bits per heavy atom. The minimum Gasteiger partial charge on any atom is -0.488 e. The highest BCUT2D eigenvalue weighted by Crippen LogP contribution is 2.51. The first-order chi connectivity index (χ1) is 16.3. The Morgan fingerprint density at radius 3 is 2.41 bits per heavy atom. The summed E-state index contributed by atoms with van der Waals surface area (Å²) in [5.74, 6) is -0.343. The van der Waals surface area contributed by atoms with Crippen molar-refractivity contribution in [1.29, 1.82) is 0 Å². The molecule has 1 unspecified atom stereocenters. The molecule has 0 radical (unpaired) electrons. The lowest BCUT2D eigenvalue weighted by atomic mass is 9.98. The highest BCUT2D eigenvalue weighted by molar-refractivity contribution is 6.04. The molecule has 2 aromatic carbocycles. The molecule has 3 aromatic rings. The van der Waals surface area contributed by atoms with Crippen LogP contribution in [0.25, 0.3) is 11.1 Å². The topological polar surface area (TPSA) is 114 Å². The lowest BCUT2D eigenvalue weighted by molar-refractivity contribution is -0.0932. The van der Waals surface area contributed by atoms with Crippen LogP contribution in [0.2, 0.25) is 0 Å². The summed E-state index contributed by atoms with van der Waals surface area (Å²) in [4.78, 5) is 22.7. The van der Waals surface area contributed by atoms with Crippen LogP contribution in [0.3, 0.4) is 0 Å². The van der Waals surface area contributed by atoms with Crippen molar-refractivity contribution in [3.05, 3.63) is 59.7 Å². The van der Waals surface area contributed by atoms with Gasteiger partial charge in [-0.1, -0.05) is 61.0 Å². The maximum Gasteiger partial charge on any atom is 0.336 e. The predicted molar refractivity (Wildman–Crippen MR) is 128 cm³/mol. The molecule has 1 aromatic heterocycles. The van der Waals surface area contributed by atoms with Crippen molar-refractivity contribution in [2.45, 2.75) is 27.3 Å². The number of ether oxygens (including phenoxy) is 1. The van der Waals surface area contributed by atoms with E-state index in [0.717, 1.165) is 11.1 Å². The fourth-order valence-electron chi connectivity index (χ4n) is 4.35. The van der Waals surface area contributed by atoms with Crippen LogP contribution in [0.4, 0.5) is 11.4 Å². The molecule has 2 heterocycles. The van der Waals surface area contributed by atoms with Gasteiger partial charge >= 0.3 is 5.97 Å². The van der Waals surface area contributed by atoms with Gasteiger partial charge in [0.1, 0.15) is 13.2 Å². The molecule has 2 N–H and O–H groups in total. The first kappa shape index (κ1) is 23.3. The summed E-state index contributed by atoms with van der Waals surface area (Å²) in [6, 6.07) is 14.5. The number of aromatic hydroxyl groups is 1. The Bertz CT molecular complexity index is 1260. The Morgan fingerprint density at radius 1 is 1.09 bits per heavy atom. The molecule has 34 heavy (non-hydrogen) atoms. The number of carboxylic acid groups (broad SMARTS) is 1. The van der Waals surface area contributed by atoms with Crippen LogP contribution in [0.15, 0.2) is 53.5 Å². The predicted octanol–water partition coefficient (Wildman–Crippen LogP) is 4.71. The van der Waals surface area contributed by atoms with E-state index in [4.69, 9.17) is 14.6 Å². The van der Waals surface area contributed by atoms with Crippen LogP contribution in [0.1, 0.15) is 36.7 Å². The van der Waals surface area contributed by atoms with Crippen molar-refractivity contribution >= 4 is 23.2 Å². The molecular weight excluding hydrogens is 436 g/mol. The quantitative estimate of drug-likeness (QED) is 0.465. The minimum absolute atomic E-state index is 0.00947. The van der Waals surface area contributed by atoms with Gasteiger partial charge in [0.15, 0.2) is 0 Å². The zero-order valence-corrected chi connectivity index (χ0v) is 19.5. The number of carboxylic acids is 1. The van der Waals surface area contributed by atoms with Gasteiger partial charge in [-0.2, -0.15) is 9.83 Å². The summed E-state index contributed by atoms with van der Waals surface area (Å²) >= 11 is 0. The summed E-state index contributed by atoms with van der Waals surface area (Å²) in [7, 11) is 1.48. The second-order valence-corrected chi connectivity index (χ2v) is 8.22. The van der Waals surface area contributed by atoms with Crippen molar-refractivity contribution in [2.24, 2.45) is 10.9 Å². The van der Waals surface area contributed by atoms with Crippen molar-refractivity contribution in [1.82, 2.24) is 14.8 Å². The van der Waals surface area contributed by atoms with Gasteiger partial charge < -0.3 is 14.9 Å². The van der Waals surface area contributed by atoms with Gasteiger partial charge in [0.25, 0.3) is 17.4 Å². The normalized spacial score (nSPS) is 16.9. The van der Waals surface area contributed by atoms with Gasteiger partial charge in [-0.15, -0.1) is 10.2 Å². The van der Waals surface area contributed by atoms with Crippen LogP contribution in [-0.4, -0.2) is 45.9 Å². The Hall–Kier alpha value is -3.82. The van der Waals surface area contributed by atoms with Crippen LogP contribution in [-0.2, 0) is 11.4 Å². The molecule has 1 aliphatic rings. The van der Waals surface area contributed by atoms with E-state index < -0.39 is 5.97 Å². The number of benzene rings is 2. The van der Waals surface area contributed by atoms with Gasteiger partial charge in [0, 0.05) is 5.56 Å². The van der Waals surface area contributed by atoms with E-state index in [2.05, 4.69) is 10.2 Å². The summed E-state index contributed by atoms with van der Waals surface area (Å²) in [6.07, 6.45) is 0. The second-order valence-electron chi connectivity index (χ2n) is 8.22.